The van der Waals surface area contributed by atoms with Gasteiger partial charge in [0, 0.05) is 0 Å². The first-order chi connectivity index (χ1) is 6.32. The molecule has 0 saturated heterocycles. The van der Waals surface area contributed by atoms with Crippen LogP contribution in [0.1, 0.15) is 5.56 Å². The summed E-state index contributed by atoms with van der Waals surface area (Å²) in [5, 5.41) is 10.1. The Kier molecular flexibility index (Phi) is 2.28. The third kappa shape index (κ3) is 1.90. The quantitative estimate of drug-likeness (QED) is 0.558. The van der Waals surface area contributed by atoms with Crippen LogP contribution >= 0.6 is 0 Å². The van der Waals surface area contributed by atoms with Crippen molar-refractivity contribution in [2.75, 3.05) is 0 Å². The van der Waals surface area contributed by atoms with Gasteiger partial charge in [-0.05, 0) is 4.92 Å². The van der Waals surface area contributed by atoms with Crippen LogP contribution in [0.15, 0.2) is 17.1 Å². The summed E-state index contributed by atoms with van der Waals surface area (Å²) in [6.07, 6.45) is -4.52. The average molecular weight is 208 g/mol. The van der Waals surface area contributed by atoms with Gasteiger partial charge in [-0.15, -0.1) is 0 Å². The van der Waals surface area contributed by atoms with Crippen LogP contribution in [0, 0.1) is 10.1 Å². The lowest BCUT2D eigenvalue weighted by Crippen LogP contribution is -2.19. The first-order valence-electron chi connectivity index (χ1n) is 3.26. The molecule has 0 aliphatic heterocycles. The minimum Gasteiger partial charge on any atom is -0.358 e. The highest BCUT2D eigenvalue weighted by Gasteiger charge is 2.35. The minimum absolute atomic E-state index is 0.278. The molecule has 14 heavy (non-hydrogen) atoms. The Labute approximate surface area is 74.3 Å². The number of aromatic nitrogens is 1. The lowest BCUT2D eigenvalue weighted by atomic mass is 10.2. The fourth-order valence-corrected chi connectivity index (χ4v) is 0.788. The molecule has 0 radical (unpaired) electrons. The zero-order valence-electron chi connectivity index (χ0n) is 6.46. The van der Waals surface area contributed by atoms with Crippen LogP contribution in [0.5, 0.6) is 0 Å². The molecule has 1 rings (SSSR count). The van der Waals surface area contributed by atoms with Crippen molar-refractivity contribution < 1.29 is 18.1 Å². The van der Waals surface area contributed by atoms with Crippen molar-refractivity contribution in [1.82, 2.24) is 4.98 Å². The number of hydrogen-bond donors (Lipinski definition) is 1. The lowest BCUT2D eigenvalue weighted by molar-refractivity contribution is -0.389. The van der Waals surface area contributed by atoms with Gasteiger partial charge in [0.15, 0.2) is 0 Å². The van der Waals surface area contributed by atoms with Gasteiger partial charge < -0.3 is 10.1 Å². The van der Waals surface area contributed by atoms with E-state index in [9.17, 15) is 28.1 Å². The molecule has 0 unspecified atom stereocenters. The number of halogens is 3. The number of rotatable bonds is 1. The fraction of sp³-hybridized carbons (Fsp3) is 0.167. The number of nitro groups is 1. The number of hydrogen-bond acceptors (Lipinski definition) is 3. The van der Waals surface area contributed by atoms with E-state index in [1.54, 1.807) is 4.98 Å². The van der Waals surface area contributed by atoms with Crippen LogP contribution in [-0.2, 0) is 6.18 Å². The monoisotopic (exact) mass is 208 g/mol. The zero-order valence-corrected chi connectivity index (χ0v) is 6.46. The van der Waals surface area contributed by atoms with E-state index in [2.05, 4.69) is 0 Å². The molecule has 1 aromatic rings. The average Bonchev–Trinajstić information content (AvgIpc) is 2.01. The van der Waals surface area contributed by atoms with Gasteiger partial charge in [-0.3, -0.25) is 4.79 Å². The van der Waals surface area contributed by atoms with E-state index in [1.807, 2.05) is 0 Å². The molecule has 0 saturated carbocycles. The second-order valence-corrected chi connectivity index (χ2v) is 2.35. The number of aromatic amines is 1. The zero-order chi connectivity index (χ0) is 10.9. The van der Waals surface area contributed by atoms with Crippen molar-refractivity contribution in [3.63, 3.8) is 0 Å². The summed E-state index contributed by atoms with van der Waals surface area (Å²) in [5.41, 5.74) is -2.88. The molecule has 0 atom stereocenters. The Morgan fingerprint density at radius 3 is 2.36 bits per heavy atom. The Balaban J connectivity index is 3.29. The fourth-order valence-electron chi connectivity index (χ4n) is 0.788. The van der Waals surface area contributed by atoms with E-state index in [0.717, 1.165) is 0 Å². The van der Waals surface area contributed by atoms with Crippen LogP contribution in [0.25, 0.3) is 0 Å². The van der Waals surface area contributed by atoms with Gasteiger partial charge >= 0.3 is 12.0 Å². The van der Waals surface area contributed by atoms with Crippen molar-refractivity contribution in [2.45, 2.75) is 6.18 Å². The molecule has 0 spiro atoms. The highest BCUT2D eigenvalue weighted by molar-refractivity contribution is 5.24. The standard InChI is InChI=1S/C6H3F3N2O3/c7-6(8,9)3-2-10-5(11(13)14)1-4(3)12/h1-2H,(H,10,12). The summed E-state index contributed by atoms with van der Waals surface area (Å²) in [6, 6.07) is 0.294. The maximum Gasteiger partial charge on any atom is 0.423 e. The second kappa shape index (κ2) is 3.13. The van der Waals surface area contributed by atoms with Crippen LogP contribution in [0.2, 0.25) is 0 Å². The third-order valence-corrected chi connectivity index (χ3v) is 1.40. The Hall–Kier alpha value is -1.86. The number of H-pyrrole nitrogens is 1. The molecule has 0 fully saturated rings. The van der Waals surface area contributed by atoms with Gasteiger partial charge in [0.25, 0.3) is 0 Å². The molecule has 0 amide bonds. The van der Waals surface area contributed by atoms with Gasteiger partial charge in [-0.1, -0.05) is 0 Å². The number of nitrogens with zero attached hydrogens (tertiary/aromatic N) is 1. The van der Waals surface area contributed by atoms with Gasteiger partial charge in [0.1, 0.15) is 11.8 Å². The Morgan fingerprint density at radius 2 is 2.00 bits per heavy atom. The molecule has 0 aromatic carbocycles. The smallest absolute Gasteiger partial charge is 0.358 e. The summed E-state index contributed by atoms with van der Waals surface area (Å²) in [4.78, 5) is 21.6. The predicted octanol–water partition coefficient (Wildman–Crippen LogP) is 1.30. The number of alkyl halides is 3. The SMILES string of the molecule is O=c1cc([N+](=O)[O-])[nH]cc1C(F)(F)F. The van der Waals surface area contributed by atoms with Crippen molar-refractivity contribution in [1.29, 1.82) is 0 Å². The van der Waals surface area contributed by atoms with Crippen LogP contribution < -0.4 is 5.43 Å². The van der Waals surface area contributed by atoms with Crippen molar-refractivity contribution in [3.05, 3.63) is 38.2 Å². The Bertz CT molecular complexity index is 423. The van der Waals surface area contributed by atoms with E-state index in [4.69, 9.17) is 0 Å². The van der Waals surface area contributed by atoms with Crippen molar-refractivity contribution >= 4 is 5.82 Å². The van der Waals surface area contributed by atoms with E-state index in [-0.39, 0.29) is 6.20 Å². The van der Waals surface area contributed by atoms with Gasteiger partial charge in [0.05, 0.1) is 6.07 Å². The Morgan fingerprint density at radius 1 is 1.43 bits per heavy atom. The van der Waals surface area contributed by atoms with Crippen molar-refractivity contribution in [3.8, 4) is 0 Å². The maximum absolute atomic E-state index is 12.0. The summed E-state index contributed by atoms with van der Waals surface area (Å²) >= 11 is 0. The molecule has 8 heteroatoms. The van der Waals surface area contributed by atoms with Gasteiger partial charge in [-0.2, -0.15) is 13.2 Å². The summed E-state index contributed by atoms with van der Waals surface area (Å²) in [5.74, 6) is -0.775. The molecule has 76 valence electrons. The predicted molar refractivity (Wildman–Crippen MR) is 38.7 cm³/mol. The van der Waals surface area contributed by atoms with E-state index < -0.39 is 27.9 Å². The largest absolute Gasteiger partial charge is 0.423 e. The molecule has 0 aliphatic carbocycles. The number of nitrogens with one attached hydrogen (secondary N) is 1. The number of pyridine rings is 1. The van der Waals surface area contributed by atoms with Crippen LogP contribution in [0.3, 0.4) is 0 Å². The first-order valence-corrected chi connectivity index (χ1v) is 3.26. The second-order valence-electron chi connectivity index (χ2n) is 2.35. The van der Waals surface area contributed by atoms with E-state index in [1.165, 1.54) is 0 Å². The van der Waals surface area contributed by atoms with E-state index in [0.29, 0.717) is 6.07 Å². The lowest BCUT2D eigenvalue weighted by Gasteiger charge is -2.02. The third-order valence-electron chi connectivity index (χ3n) is 1.40. The van der Waals surface area contributed by atoms with Crippen LogP contribution in [-0.4, -0.2) is 9.91 Å². The minimum atomic E-state index is -4.80. The summed E-state index contributed by atoms with van der Waals surface area (Å²) in [6.45, 7) is 0. The molecule has 1 aromatic heterocycles. The molecule has 1 N–H and O–H groups in total. The van der Waals surface area contributed by atoms with Crippen LogP contribution in [0.4, 0.5) is 19.0 Å². The van der Waals surface area contributed by atoms with E-state index >= 15 is 0 Å². The summed E-state index contributed by atoms with van der Waals surface area (Å²) in [7, 11) is 0. The summed E-state index contributed by atoms with van der Waals surface area (Å²) < 4.78 is 36.0. The molecular formula is C6H3F3N2O3. The molecule has 0 aliphatic rings. The van der Waals surface area contributed by atoms with Gasteiger partial charge in [0.2, 0.25) is 5.43 Å². The highest BCUT2D eigenvalue weighted by atomic mass is 19.4. The van der Waals surface area contributed by atoms with Crippen molar-refractivity contribution in [2.24, 2.45) is 0 Å². The maximum atomic E-state index is 12.0. The first kappa shape index (κ1) is 10.2. The molecule has 5 nitrogen and oxygen atoms in total. The highest BCUT2D eigenvalue weighted by Crippen LogP contribution is 2.26. The molecule has 0 bridgehead atoms. The normalized spacial score (nSPS) is 11.4. The topological polar surface area (TPSA) is 76.0 Å². The molecular weight excluding hydrogens is 205 g/mol. The van der Waals surface area contributed by atoms with Gasteiger partial charge in [-0.25, -0.2) is 4.98 Å². The molecule has 1 heterocycles.